The van der Waals surface area contributed by atoms with Gasteiger partial charge in [0, 0.05) is 13.0 Å². The number of nitrogens with two attached hydrogens (primary N) is 1. The molecule has 0 radical (unpaired) electrons. The lowest BCUT2D eigenvalue weighted by Crippen LogP contribution is -2.51. The summed E-state index contributed by atoms with van der Waals surface area (Å²) >= 11 is 0. The standard InChI is InChI=1S/C15H27N3O2.ClH/c1-11(12-5-7-17-8-6-12)10-14(19)18-9-3-2-4-13(18)15(16)20;/h11-13,17H,2-10H2,1H3,(H2,16,20);1H. The maximum atomic E-state index is 12.5. The van der Waals surface area contributed by atoms with Gasteiger partial charge in [0.15, 0.2) is 0 Å². The van der Waals surface area contributed by atoms with E-state index in [0.29, 0.717) is 24.8 Å². The summed E-state index contributed by atoms with van der Waals surface area (Å²) in [5.41, 5.74) is 5.43. The molecule has 0 aliphatic carbocycles. The number of piperidine rings is 2. The third-order valence-corrected chi connectivity index (χ3v) is 4.84. The Labute approximate surface area is 133 Å². The SMILES string of the molecule is CC(CC(=O)N1CCCCC1C(N)=O)C1CCNCC1.Cl. The minimum atomic E-state index is -0.378. The van der Waals surface area contributed by atoms with Crippen LogP contribution in [0.3, 0.4) is 0 Å². The number of hydrogen-bond acceptors (Lipinski definition) is 3. The van der Waals surface area contributed by atoms with Gasteiger partial charge in [0.2, 0.25) is 11.8 Å². The molecule has 0 aromatic heterocycles. The minimum Gasteiger partial charge on any atom is -0.368 e. The van der Waals surface area contributed by atoms with E-state index in [2.05, 4.69) is 12.2 Å². The zero-order valence-corrected chi connectivity index (χ0v) is 13.7. The minimum absolute atomic E-state index is 0. The molecule has 0 saturated carbocycles. The average Bonchev–Trinajstić information content (AvgIpc) is 2.48. The molecule has 2 unspecified atom stereocenters. The number of carbonyl (C=O) groups is 2. The van der Waals surface area contributed by atoms with E-state index < -0.39 is 0 Å². The van der Waals surface area contributed by atoms with Crippen molar-refractivity contribution in [2.45, 2.75) is 51.5 Å². The molecule has 3 N–H and O–H groups in total. The summed E-state index contributed by atoms with van der Waals surface area (Å²) in [5.74, 6) is 0.768. The molecule has 2 atom stereocenters. The third kappa shape index (κ3) is 4.85. The first-order chi connectivity index (χ1) is 9.59. The molecule has 5 nitrogen and oxygen atoms in total. The number of nitrogens with zero attached hydrogens (tertiary/aromatic N) is 1. The van der Waals surface area contributed by atoms with Crippen LogP contribution in [-0.2, 0) is 9.59 Å². The van der Waals surface area contributed by atoms with Crippen molar-refractivity contribution >= 4 is 24.2 Å². The molecule has 0 spiro atoms. The largest absolute Gasteiger partial charge is 0.368 e. The Morgan fingerprint density at radius 1 is 1.24 bits per heavy atom. The second-order valence-corrected chi connectivity index (χ2v) is 6.27. The van der Waals surface area contributed by atoms with Crippen molar-refractivity contribution in [3.05, 3.63) is 0 Å². The zero-order valence-electron chi connectivity index (χ0n) is 12.8. The summed E-state index contributed by atoms with van der Waals surface area (Å²) in [5, 5.41) is 3.35. The molecule has 21 heavy (non-hydrogen) atoms. The molecule has 6 heteroatoms. The van der Waals surface area contributed by atoms with E-state index in [0.717, 1.165) is 45.2 Å². The molecular formula is C15H28ClN3O2. The number of amides is 2. The Bertz CT molecular complexity index is 359. The van der Waals surface area contributed by atoms with Crippen molar-refractivity contribution in [1.29, 1.82) is 0 Å². The number of hydrogen-bond donors (Lipinski definition) is 2. The van der Waals surface area contributed by atoms with Crippen LogP contribution in [0.1, 0.15) is 45.4 Å². The van der Waals surface area contributed by atoms with E-state index >= 15 is 0 Å². The van der Waals surface area contributed by atoms with E-state index in [1.54, 1.807) is 4.90 Å². The molecule has 2 saturated heterocycles. The lowest BCUT2D eigenvalue weighted by molar-refractivity contribution is -0.142. The van der Waals surface area contributed by atoms with Crippen molar-refractivity contribution in [3.8, 4) is 0 Å². The van der Waals surface area contributed by atoms with Crippen LogP contribution in [0, 0.1) is 11.8 Å². The van der Waals surface area contributed by atoms with Gasteiger partial charge >= 0.3 is 0 Å². The topological polar surface area (TPSA) is 75.4 Å². The second kappa shape index (κ2) is 8.59. The monoisotopic (exact) mass is 317 g/mol. The average molecular weight is 318 g/mol. The number of halogens is 1. The second-order valence-electron chi connectivity index (χ2n) is 6.27. The number of rotatable bonds is 4. The molecule has 0 aromatic carbocycles. The lowest BCUT2D eigenvalue weighted by Gasteiger charge is -2.35. The number of nitrogens with one attached hydrogen (secondary N) is 1. The quantitative estimate of drug-likeness (QED) is 0.820. The molecule has 122 valence electrons. The summed E-state index contributed by atoms with van der Waals surface area (Å²) in [4.78, 5) is 25.7. The van der Waals surface area contributed by atoms with E-state index in [9.17, 15) is 9.59 Å². The highest BCUT2D eigenvalue weighted by Crippen LogP contribution is 2.26. The van der Waals surface area contributed by atoms with Gasteiger partial charge in [-0.1, -0.05) is 6.92 Å². The van der Waals surface area contributed by atoms with Crippen LogP contribution in [-0.4, -0.2) is 42.4 Å². The highest BCUT2D eigenvalue weighted by Gasteiger charge is 2.32. The van der Waals surface area contributed by atoms with Crippen LogP contribution in [0.15, 0.2) is 0 Å². The van der Waals surface area contributed by atoms with Gasteiger partial charge in [-0.3, -0.25) is 9.59 Å². The van der Waals surface area contributed by atoms with Crippen molar-refractivity contribution in [1.82, 2.24) is 10.2 Å². The number of likely N-dealkylation sites (tertiary alicyclic amines) is 1. The van der Waals surface area contributed by atoms with Gasteiger partial charge in [-0.25, -0.2) is 0 Å². The first-order valence-corrected chi connectivity index (χ1v) is 7.89. The number of carbonyl (C=O) groups excluding carboxylic acids is 2. The van der Waals surface area contributed by atoms with Gasteiger partial charge < -0.3 is 16.0 Å². The molecule has 2 amide bonds. The van der Waals surface area contributed by atoms with Crippen molar-refractivity contribution in [2.24, 2.45) is 17.6 Å². The Morgan fingerprint density at radius 2 is 1.90 bits per heavy atom. The predicted molar refractivity (Wildman–Crippen MR) is 85.2 cm³/mol. The summed E-state index contributed by atoms with van der Waals surface area (Å²) < 4.78 is 0. The first-order valence-electron chi connectivity index (χ1n) is 7.89. The molecular weight excluding hydrogens is 290 g/mol. The highest BCUT2D eigenvalue weighted by molar-refractivity contribution is 5.87. The fourth-order valence-corrected chi connectivity index (χ4v) is 3.50. The van der Waals surface area contributed by atoms with Crippen molar-refractivity contribution in [2.75, 3.05) is 19.6 Å². The van der Waals surface area contributed by atoms with Gasteiger partial charge in [0.25, 0.3) is 0 Å². The smallest absolute Gasteiger partial charge is 0.240 e. The summed E-state index contributed by atoms with van der Waals surface area (Å²) in [6, 6.07) is -0.378. The van der Waals surface area contributed by atoms with Crippen LogP contribution in [0.4, 0.5) is 0 Å². The Morgan fingerprint density at radius 3 is 2.52 bits per heavy atom. The van der Waals surface area contributed by atoms with Crippen LogP contribution >= 0.6 is 12.4 Å². The molecule has 2 aliphatic heterocycles. The van der Waals surface area contributed by atoms with Gasteiger partial charge in [0.1, 0.15) is 6.04 Å². The summed E-state index contributed by atoms with van der Waals surface area (Å²) in [6.07, 6.45) is 5.54. The van der Waals surface area contributed by atoms with E-state index in [-0.39, 0.29) is 30.3 Å². The first kappa shape index (κ1) is 18.2. The van der Waals surface area contributed by atoms with Crippen molar-refractivity contribution < 1.29 is 9.59 Å². The van der Waals surface area contributed by atoms with E-state index in [4.69, 9.17) is 5.73 Å². The van der Waals surface area contributed by atoms with Crippen LogP contribution in [0.25, 0.3) is 0 Å². The Kier molecular flexibility index (Phi) is 7.46. The zero-order chi connectivity index (χ0) is 14.5. The van der Waals surface area contributed by atoms with Crippen LogP contribution < -0.4 is 11.1 Å². The summed E-state index contributed by atoms with van der Waals surface area (Å²) in [7, 11) is 0. The molecule has 0 bridgehead atoms. The maximum absolute atomic E-state index is 12.5. The Balaban J connectivity index is 0.00000220. The van der Waals surface area contributed by atoms with Gasteiger partial charge in [0.05, 0.1) is 0 Å². The van der Waals surface area contributed by atoms with E-state index in [1.165, 1.54) is 0 Å². The molecule has 2 heterocycles. The molecule has 2 fully saturated rings. The lowest BCUT2D eigenvalue weighted by atomic mass is 9.83. The highest BCUT2D eigenvalue weighted by atomic mass is 35.5. The summed E-state index contributed by atoms with van der Waals surface area (Å²) in [6.45, 7) is 4.95. The van der Waals surface area contributed by atoms with Crippen LogP contribution in [0.5, 0.6) is 0 Å². The fraction of sp³-hybridized carbons (Fsp3) is 0.867. The van der Waals surface area contributed by atoms with Gasteiger partial charge in [-0.15, -0.1) is 12.4 Å². The van der Waals surface area contributed by atoms with E-state index in [1.807, 2.05) is 0 Å². The predicted octanol–water partition coefficient (Wildman–Crippen LogP) is 1.30. The van der Waals surface area contributed by atoms with Crippen molar-refractivity contribution in [3.63, 3.8) is 0 Å². The van der Waals surface area contributed by atoms with Gasteiger partial charge in [-0.05, 0) is 57.0 Å². The molecule has 2 aliphatic rings. The number of primary amides is 1. The maximum Gasteiger partial charge on any atom is 0.240 e. The normalized spacial score (nSPS) is 25.0. The molecule has 0 aromatic rings. The fourth-order valence-electron chi connectivity index (χ4n) is 3.50. The van der Waals surface area contributed by atoms with Crippen LogP contribution in [0.2, 0.25) is 0 Å². The van der Waals surface area contributed by atoms with Gasteiger partial charge in [-0.2, -0.15) is 0 Å². The Hall–Kier alpha value is -0.810. The molecule has 2 rings (SSSR count). The third-order valence-electron chi connectivity index (χ3n) is 4.84.